The molecule has 6 heteroatoms. The van der Waals surface area contributed by atoms with Crippen molar-refractivity contribution in [2.45, 2.75) is 58.5 Å². The number of nitrogens with zero attached hydrogens (tertiary/aromatic N) is 3. The standard InChI is InChI=1S/C20H36N4O2/c1-3-21-20(22-15-17-8-6-16(2)7-9-17)24-12-10-23(11-13-24)19(25)18-5-4-14-26-18/h16-18H,3-15H2,1-2H3,(H,21,22). The molecule has 1 atom stereocenters. The van der Waals surface area contributed by atoms with E-state index in [4.69, 9.17) is 9.73 Å². The van der Waals surface area contributed by atoms with E-state index >= 15 is 0 Å². The third kappa shape index (κ3) is 5.12. The Morgan fingerprint density at radius 2 is 1.77 bits per heavy atom. The highest BCUT2D eigenvalue weighted by molar-refractivity contribution is 5.82. The van der Waals surface area contributed by atoms with Gasteiger partial charge in [-0.2, -0.15) is 0 Å². The van der Waals surface area contributed by atoms with E-state index in [9.17, 15) is 4.79 Å². The van der Waals surface area contributed by atoms with E-state index in [1.165, 1.54) is 25.7 Å². The van der Waals surface area contributed by atoms with Gasteiger partial charge in [0.05, 0.1) is 0 Å². The number of amides is 1. The molecule has 0 spiro atoms. The van der Waals surface area contributed by atoms with Gasteiger partial charge in [-0.3, -0.25) is 9.79 Å². The first-order valence-electron chi connectivity index (χ1n) is 10.6. The number of nitrogens with one attached hydrogen (secondary N) is 1. The molecule has 6 nitrogen and oxygen atoms in total. The van der Waals surface area contributed by atoms with Crippen molar-refractivity contribution in [2.75, 3.05) is 45.9 Å². The van der Waals surface area contributed by atoms with Gasteiger partial charge < -0.3 is 19.9 Å². The van der Waals surface area contributed by atoms with E-state index in [2.05, 4.69) is 24.1 Å². The third-order valence-electron chi connectivity index (χ3n) is 6.07. The van der Waals surface area contributed by atoms with Crippen LogP contribution in [-0.4, -0.2) is 73.6 Å². The van der Waals surface area contributed by atoms with Crippen molar-refractivity contribution >= 4 is 11.9 Å². The summed E-state index contributed by atoms with van der Waals surface area (Å²) in [5.74, 6) is 2.83. The van der Waals surface area contributed by atoms with E-state index in [-0.39, 0.29) is 12.0 Å². The zero-order chi connectivity index (χ0) is 18.4. The second-order valence-electron chi connectivity index (χ2n) is 8.13. The molecule has 0 aromatic heterocycles. The van der Waals surface area contributed by atoms with Crippen LogP contribution in [0.5, 0.6) is 0 Å². The van der Waals surface area contributed by atoms with Crippen LogP contribution in [0.1, 0.15) is 52.4 Å². The van der Waals surface area contributed by atoms with Crippen LogP contribution >= 0.6 is 0 Å². The SMILES string of the molecule is CCNC(=NCC1CCC(C)CC1)N1CCN(C(=O)C2CCCO2)CC1. The van der Waals surface area contributed by atoms with Crippen LogP contribution in [0.25, 0.3) is 0 Å². The molecule has 26 heavy (non-hydrogen) atoms. The van der Waals surface area contributed by atoms with Crippen LogP contribution in [0, 0.1) is 11.8 Å². The summed E-state index contributed by atoms with van der Waals surface area (Å²) >= 11 is 0. The number of hydrogen-bond acceptors (Lipinski definition) is 3. The fourth-order valence-corrected chi connectivity index (χ4v) is 4.27. The molecular formula is C20H36N4O2. The molecule has 0 bridgehead atoms. The van der Waals surface area contributed by atoms with Gasteiger partial charge in [-0.1, -0.05) is 19.8 Å². The number of aliphatic imine (C=N–C) groups is 1. The smallest absolute Gasteiger partial charge is 0.251 e. The second kappa shape index (κ2) is 9.58. The molecule has 3 fully saturated rings. The maximum absolute atomic E-state index is 12.5. The van der Waals surface area contributed by atoms with Gasteiger partial charge in [0.15, 0.2) is 5.96 Å². The van der Waals surface area contributed by atoms with Crippen molar-refractivity contribution in [3.8, 4) is 0 Å². The highest BCUT2D eigenvalue weighted by atomic mass is 16.5. The predicted molar refractivity (Wildman–Crippen MR) is 104 cm³/mol. The predicted octanol–water partition coefficient (Wildman–Crippen LogP) is 2.10. The van der Waals surface area contributed by atoms with Gasteiger partial charge in [-0.05, 0) is 44.4 Å². The van der Waals surface area contributed by atoms with Gasteiger partial charge in [-0.25, -0.2) is 0 Å². The molecule has 1 amide bonds. The van der Waals surface area contributed by atoms with Crippen LogP contribution in [0.4, 0.5) is 0 Å². The summed E-state index contributed by atoms with van der Waals surface area (Å²) in [6, 6.07) is 0. The largest absolute Gasteiger partial charge is 0.368 e. The molecule has 1 unspecified atom stereocenters. The Bertz CT molecular complexity index is 474. The molecule has 3 aliphatic rings. The molecule has 0 aromatic rings. The van der Waals surface area contributed by atoms with E-state index in [0.29, 0.717) is 0 Å². The summed E-state index contributed by atoms with van der Waals surface area (Å²) in [5, 5.41) is 3.45. The lowest BCUT2D eigenvalue weighted by atomic mass is 9.83. The normalized spacial score (nSPS) is 30.5. The van der Waals surface area contributed by atoms with Crippen LogP contribution in [0.15, 0.2) is 4.99 Å². The van der Waals surface area contributed by atoms with Crippen LogP contribution in [-0.2, 0) is 9.53 Å². The number of hydrogen-bond donors (Lipinski definition) is 1. The van der Waals surface area contributed by atoms with Crippen molar-refractivity contribution in [1.29, 1.82) is 0 Å². The summed E-state index contributed by atoms with van der Waals surface area (Å²) in [5.41, 5.74) is 0. The molecule has 0 radical (unpaired) electrons. The molecule has 1 N–H and O–H groups in total. The third-order valence-corrected chi connectivity index (χ3v) is 6.07. The van der Waals surface area contributed by atoms with E-state index in [1.54, 1.807) is 0 Å². The Morgan fingerprint density at radius 3 is 2.38 bits per heavy atom. The molecule has 2 aliphatic heterocycles. The topological polar surface area (TPSA) is 57.2 Å². The number of carbonyl (C=O) groups excluding carboxylic acids is 1. The average molecular weight is 365 g/mol. The quantitative estimate of drug-likeness (QED) is 0.613. The van der Waals surface area contributed by atoms with Crippen LogP contribution in [0.2, 0.25) is 0 Å². The first-order valence-corrected chi connectivity index (χ1v) is 10.6. The van der Waals surface area contributed by atoms with Gasteiger partial charge in [-0.15, -0.1) is 0 Å². The second-order valence-corrected chi connectivity index (χ2v) is 8.13. The zero-order valence-corrected chi connectivity index (χ0v) is 16.6. The maximum Gasteiger partial charge on any atom is 0.251 e. The van der Waals surface area contributed by atoms with Crippen molar-refractivity contribution in [3.05, 3.63) is 0 Å². The van der Waals surface area contributed by atoms with Crippen LogP contribution in [0.3, 0.4) is 0 Å². The van der Waals surface area contributed by atoms with Crippen molar-refractivity contribution in [2.24, 2.45) is 16.8 Å². The van der Waals surface area contributed by atoms with Crippen molar-refractivity contribution in [1.82, 2.24) is 15.1 Å². The summed E-state index contributed by atoms with van der Waals surface area (Å²) in [6.07, 6.45) is 7.01. The number of carbonyl (C=O) groups is 1. The fraction of sp³-hybridized carbons (Fsp3) is 0.900. The highest BCUT2D eigenvalue weighted by Gasteiger charge is 2.31. The minimum atomic E-state index is -0.197. The minimum Gasteiger partial charge on any atom is -0.368 e. The van der Waals surface area contributed by atoms with E-state index in [0.717, 1.165) is 76.5 Å². The van der Waals surface area contributed by atoms with E-state index in [1.807, 2.05) is 4.90 Å². The molecular weight excluding hydrogens is 328 g/mol. The highest BCUT2D eigenvalue weighted by Crippen LogP contribution is 2.28. The molecule has 1 saturated carbocycles. The lowest BCUT2D eigenvalue weighted by Crippen LogP contribution is -2.55. The molecule has 148 valence electrons. The average Bonchev–Trinajstić information content (AvgIpc) is 3.21. The summed E-state index contributed by atoms with van der Waals surface area (Å²) < 4.78 is 5.55. The molecule has 3 rings (SSSR count). The molecule has 1 aliphatic carbocycles. The Morgan fingerprint density at radius 1 is 1.08 bits per heavy atom. The summed E-state index contributed by atoms with van der Waals surface area (Å²) in [6.45, 7) is 10.3. The Balaban J connectivity index is 1.49. The Labute approximate surface area is 158 Å². The minimum absolute atomic E-state index is 0.181. The molecule has 2 heterocycles. The van der Waals surface area contributed by atoms with Gasteiger partial charge in [0, 0.05) is 45.9 Å². The van der Waals surface area contributed by atoms with Gasteiger partial charge in [0.25, 0.3) is 5.91 Å². The van der Waals surface area contributed by atoms with Crippen molar-refractivity contribution in [3.63, 3.8) is 0 Å². The van der Waals surface area contributed by atoms with E-state index < -0.39 is 0 Å². The Hall–Kier alpha value is -1.30. The molecule has 0 aromatic carbocycles. The first kappa shape index (κ1) is 19.5. The molecule has 2 saturated heterocycles. The van der Waals surface area contributed by atoms with Gasteiger partial charge in [0.1, 0.15) is 6.10 Å². The maximum atomic E-state index is 12.5. The number of rotatable bonds is 4. The number of piperazine rings is 1. The van der Waals surface area contributed by atoms with Crippen LogP contribution < -0.4 is 5.32 Å². The number of guanidine groups is 1. The van der Waals surface area contributed by atoms with Gasteiger partial charge >= 0.3 is 0 Å². The lowest BCUT2D eigenvalue weighted by Gasteiger charge is -2.37. The summed E-state index contributed by atoms with van der Waals surface area (Å²) in [7, 11) is 0. The lowest BCUT2D eigenvalue weighted by molar-refractivity contribution is -0.142. The summed E-state index contributed by atoms with van der Waals surface area (Å²) in [4.78, 5) is 21.7. The Kier molecular flexibility index (Phi) is 7.17. The first-order chi connectivity index (χ1) is 12.7. The van der Waals surface area contributed by atoms with Crippen molar-refractivity contribution < 1.29 is 9.53 Å². The number of ether oxygens (including phenoxy) is 1. The monoisotopic (exact) mass is 364 g/mol. The zero-order valence-electron chi connectivity index (χ0n) is 16.6. The van der Waals surface area contributed by atoms with Gasteiger partial charge in [0.2, 0.25) is 0 Å². The fourth-order valence-electron chi connectivity index (χ4n) is 4.27.